The van der Waals surface area contributed by atoms with E-state index in [1.54, 1.807) is 0 Å². The van der Waals surface area contributed by atoms with Crippen LogP contribution in [0.1, 0.15) is 12.6 Å². The molecule has 0 radical (unpaired) electrons. The van der Waals surface area contributed by atoms with Crippen molar-refractivity contribution in [2.24, 2.45) is 0 Å². The molecule has 1 saturated heterocycles. The van der Waals surface area contributed by atoms with Gasteiger partial charge in [0.1, 0.15) is 6.23 Å². The summed E-state index contributed by atoms with van der Waals surface area (Å²) in [5.74, 6) is -1.66. The molecule has 20 heavy (non-hydrogen) atoms. The van der Waals surface area contributed by atoms with E-state index < -0.39 is 54.7 Å². The highest BCUT2D eigenvalue weighted by molar-refractivity contribution is 5.26. The summed E-state index contributed by atoms with van der Waals surface area (Å²) in [6, 6.07) is 0. The second-order valence-corrected chi connectivity index (χ2v) is 4.40. The molecule has 1 aliphatic heterocycles. The topological polar surface area (TPSA) is 111 Å². The molecule has 2 rings (SSSR count). The minimum atomic E-state index is -3.19. The molecule has 10 heteroatoms. The zero-order chi connectivity index (χ0) is 15.1. The molecule has 0 amide bonds. The zero-order valence-corrected chi connectivity index (χ0v) is 10.0. The first-order valence-electron chi connectivity index (χ1n) is 5.61. The fourth-order valence-corrected chi connectivity index (χ4v) is 2.01. The Morgan fingerprint density at radius 1 is 1.65 bits per heavy atom. The lowest BCUT2D eigenvalue weighted by Crippen LogP contribution is -2.49. The molecule has 0 aromatic carbocycles. The Balaban J connectivity index is 2.38. The van der Waals surface area contributed by atoms with Gasteiger partial charge in [0.05, 0.1) is 18.9 Å². The van der Waals surface area contributed by atoms with E-state index in [1.165, 1.54) is 0 Å². The van der Waals surface area contributed by atoms with E-state index in [2.05, 4.69) is 4.98 Å². The zero-order valence-electron chi connectivity index (χ0n) is 10.0. The lowest BCUT2D eigenvalue weighted by atomic mass is 9.98. The quantitative estimate of drug-likeness (QED) is 0.676. The number of halogens is 3. The maximum Gasteiger partial charge on any atom is 0.351 e. The molecule has 0 saturated carbocycles. The molecule has 1 aromatic heterocycles. The van der Waals surface area contributed by atoms with Crippen molar-refractivity contribution in [1.82, 2.24) is 9.55 Å². The summed E-state index contributed by atoms with van der Waals surface area (Å²) in [4.78, 5) is 14.7. The molecule has 7 nitrogen and oxygen atoms in total. The van der Waals surface area contributed by atoms with Gasteiger partial charge < -0.3 is 20.7 Å². The molecule has 0 unspecified atom stereocenters. The monoisotopic (exact) mass is 295 g/mol. The van der Waals surface area contributed by atoms with Crippen molar-refractivity contribution in [3.05, 3.63) is 22.5 Å². The molecule has 1 aromatic rings. The number of hydrogen-bond donors (Lipinski definition) is 3. The molecule has 112 valence electrons. The molecular weight excluding hydrogens is 283 g/mol. The largest absolute Gasteiger partial charge is 0.393 e. The van der Waals surface area contributed by atoms with E-state index in [0.29, 0.717) is 10.8 Å². The second-order valence-electron chi connectivity index (χ2n) is 4.40. The number of nitrogen functional groups attached to an aromatic ring is 1. The van der Waals surface area contributed by atoms with Crippen molar-refractivity contribution in [3.8, 4) is 0 Å². The number of alkyl halides is 2. The van der Waals surface area contributed by atoms with Gasteiger partial charge in [-0.2, -0.15) is 4.98 Å². The molecule has 1 aliphatic rings. The first kappa shape index (κ1) is 14.8. The summed E-state index contributed by atoms with van der Waals surface area (Å²) < 4.78 is 44.7. The third-order valence-corrected chi connectivity index (χ3v) is 3.21. The molecular formula is C10H12F3N3O4. The van der Waals surface area contributed by atoms with Crippen LogP contribution < -0.4 is 11.4 Å². The van der Waals surface area contributed by atoms with Crippen molar-refractivity contribution >= 4 is 5.82 Å². The summed E-state index contributed by atoms with van der Waals surface area (Å²) in [6.07, 6.45) is -6.04. The number of nitrogens with zero attached hydrogens (tertiary/aromatic N) is 2. The summed E-state index contributed by atoms with van der Waals surface area (Å²) in [5.41, 5.74) is 1.57. The third-order valence-electron chi connectivity index (χ3n) is 3.21. The van der Waals surface area contributed by atoms with Crippen molar-refractivity contribution in [1.29, 1.82) is 0 Å². The van der Waals surface area contributed by atoms with Crippen LogP contribution in [0.25, 0.3) is 0 Å². The number of anilines is 1. The van der Waals surface area contributed by atoms with Crippen LogP contribution >= 0.6 is 0 Å². The highest BCUT2D eigenvalue weighted by Gasteiger charge is 2.55. The van der Waals surface area contributed by atoms with Crippen molar-refractivity contribution in [3.63, 3.8) is 0 Å². The SMILES string of the molecule is Nc1nc(=O)n([C@H]2C[C@H](O)[C@](CO)(C(F)F)O2)cc1F. The van der Waals surface area contributed by atoms with Crippen LogP contribution in [0.4, 0.5) is 19.0 Å². The minimum Gasteiger partial charge on any atom is -0.393 e. The van der Waals surface area contributed by atoms with Gasteiger partial charge in [-0.1, -0.05) is 0 Å². The molecule has 4 N–H and O–H groups in total. The molecule has 0 aliphatic carbocycles. The Labute approximate surface area is 110 Å². The summed E-state index contributed by atoms with van der Waals surface area (Å²) in [6.45, 7) is -1.15. The summed E-state index contributed by atoms with van der Waals surface area (Å²) in [7, 11) is 0. The Morgan fingerprint density at radius 3 is 2.80 bits per heavy atom. The van der Waals surface area contributed by atoms with Crippen molar-refractivity contribution in [2.75, 3.05) is 12.3 Å². The smallest absolute Gasteiger partial charge is 0.351 e. The minimum absolute atomic E-state index is 0.421. The number of aliphatic hydroxyl groups is 2. The van der Waals surface area contributed by atoms with Gasteiger partial charge in [0, 0.05) is 6.42 Å². The maximum absolute atomic E-state index is 13.3. The van der Waals surface area contributed by atoms with Crippen LogP contribution in [-0.2, 0) is 4.74 Å². The fraction of sp³-hybridized carbons (Fsp3) is 0.600. The highest BCUT2D eigenvalue weighted by Crippen LogP contribution is 2.40. The predicted molar refractivity (Wildman–Crippen MR) is 59.4 cm³/mol. The van der Waals surface area contributed by atoms with Crippen LogP contribution in [0.3, 0.4) is 0 Å². The van der Waals surface area contributed by atoms with E-state index in [4.69, 9.17) is 15.6 Å². The van der Waals surface area contributed by atoms with Crippen LogP contribution in [-0.4, -0.2) is 44.5 Å². The normalized spacial score (nSPS) is 30.1. The Morgan fingerprint density at radius 2 is 2.30 bits per heavy atom. The van der Waals surface area contributed by atoms with E-state index in [1.807, 2.05) is 0 Å². The summed E-state index contributed by atoms with van der Waals surface area (Å²) in [5, 5.41) is 18.7. The fourth-order valence-electron chi connectivity index (χ4n) is 2.01. The van der Waals surface area contributed by atoms with Gasteiger partial charge in [-0.05, 0) is 0 Å². The van der Waals surface area contributed by atoms with E-state index in [9.17, 15) is 23.1 Å². The first-order chi connectivity index (χ1) is 9.31. The molecule has 2 heterocycles. The predicted octanol–water partition coefficient (Wildman–Crippen LogP) is -0.759. The second kappa shape index (κ2) is 5.04. The number of ether oxygens (including phenoxy) is 1. The van der Waals surface area contributed by atoms with Gasteiger partial charge in [0.15, 0.2) is 17.2 Å². The van der Waals surface area contributed by atoms with Gasteiger partial charge in [0.2, 0.25) is 0 Å². The number of nitrogens with two attached hydrogens (primary N) is 1. The number of rotatable bonds is 3. The van der Waals surface area contributed by atoms with Crippen LogP contribution in [0.5, 0.6) is 0 Å². The lowest BCUT2D eigenvalue weighted by Gasteiger charge is -2.28. The number of aliphatic hydroxyl groups excluding tert-OH is 2. The van der Waals surface area contributed by atoms with Crippen LogP contribution in [0, 0.1) is 5.82 Å². The summed E-state index contributed by atoms with van der Waals surface area (Å²) >= 11 is 0. The maximum atomic E-state index is 13.3. The molecule has 0 bridgehead atoms. The van der Waals surface area contributed by atoms with Crippen molar-refractivity contribution in [2.45, 2.75) is 30.8 Å². The third kappa shape index (κ3) is 2.15. The van der Waals surface area contributed by atoms with E-state index in [-0.39, 0.29) is 0 Å². The van der Waals surface area contributed by atoms with Gasteiger partial charge in [-0.25, -0.2) is 18.0 Å². The highest BCUT2D eigenvalue weighted by atomic mass is 19.3. The van der Waals surface area contributed by atoms with Gasteiger partial charge >= 0.3 is 5.69 Å². The van der Waals surface area contributed by atoms with Crippen LogP contribution in [0.15, 0.2) is 11.0 Å². The molecule has 3 atom stereocenters. The number of aromatic nitrogens is 2. The average molecular weight is 295 g/mol. The van der Waals surface area contributed by atoms with Crippen molar-refractivity contribution < 1.29 is 28.1 Å². The number of hydrogen-bond acceptors (Lipinski definition) is 6. The molecule has 0 spiro atoms. The Bertz CT molecular complexity index is 567. The standard InChI is InChI=1S/C10H12F3N3O4/c11-4-2-16(9(19)15-7(4)14)6-1-5(18)10(3-17,20-6)8(12)13/h2,5-6,8,17-18H,1,3H2,(H2,14,15,19)/t5-,6+,10+/m0/s1. The van der Waals surface area contributed by atoms with Crippen LogP contribution in [0.2, 0.25) is 0 Å². The lowest BCUT2D eigenvalue weighted by molar-refractivity contribution is -0.196. The Kier molecular flexibility index (Phi) is 3.71. The Hall–Kier alpha value is -1.65. The first-order valence-corrected chi connectivity index (χ1v) is 5.61. The van der Waals surface area contributed by atoms with Gasteiger partial charge in [0.25, 0.3) is 6.43 Å². The van der Waals surface area contributed by atoms with E-state index >= 15 is 0 Å². The van der Waals surface area contributed by atoms with Gasteiger partial charge in [-0.15, -0.1) is 0 Å². The molecule has 1 fully saturated rings. The average Bonchev–Trinajstić information content (AvgIpc) is 2.72. The van der Waals surface area contributed by atoms with Gasteiger partial charge in [-0.3, -0.25) is 4.57 Å². The van der Waals surface area contributed by atoms with E-state index in [0.717, 1.165) is 0 Å².